The quantitative estimate of drug-likeness (QED) is 0.567. The molecule has 0 aromatic rings. The monoisotopic (exact) mass is 150 g/mol. The van der Waals surface area contributed by atoms with E-state index in [0.29, 0.717) is 0 Å². The van der Waals surface area contributed by atoms with Gasteiger partial charge in [0.25, 0.3) is 0 Å². The van der Waals surface area contributed by atoms with E-state index in [-0.39, 0.29) is 0 Å². The maximum atomic E-state index is 5.87. The summed E-state index contributed by atoms with van der Waals surface area (Å²) in [6.45, 7) is 0. The van der Waals surface area contributed by atoms with E-state index >= 15 is 0 Å². The van der Waals surface area contributed by atoms with Crippen LogP contribution in [0.3, 0.4) is 0 Å². The van der Waals surface area contributed by atoms with Crippen LogP contribution in [0.2, 0.25) is 0 Å². The summed E-state index contributed by atoms with van der Waals surface area (Å²) in [7, 11) is 2.12. The maximum absolute atomic E-state index is 5.87. The van der Waals surface area contributed by atoms with Crippen LogP contribution in [0.25, 0.3) is 0 Å². The second-order valence-corrected chi connectivity index (χ2v) is 3.28. The third kappa shape index (κ3) is 0.934. The molecule has 0 amide bonds. The van der Waals surface area contributed by atoms with Gasteiger partial charge in [-0.25, -0.2) is 0 Å². The Kier molecular flexibility index (Phi) is 1.41. The minimum absolute atomic E-state index is 0.967. The summed E-state index contributed by atoms with van der Waals surface area (Å²) in [4.78, 5) is 2.25. The molecule has 2 bridgehead atoms. The van der Waals surface area contributed by atoms with Crippen molar-refractivity contribution in [3.8, 4) is 0 Å². The third-order valence-corrected chi connectivity index (χ3v) is 2.61. The molecule has 2 rings (SSSR count). The predicted octanol–water partition coefficient (Wildman–Crippen LogP) is 1.56. The standard InChI is InChI=1S/C9H14N2/c1-11-7-3-2-4-9(11)8(10)6-5-7/h5H,2-4,6,10H2,1H3. The van der Waals surface area contributed by atoms with E-state index in [1.165, 1.54) is 30.7 Å². The Labute approximate surface area is 67.4 Å². The van der Waals surface area contributed by atoms with Crippen molar-refractivity contribution >= 4 is 0 Å². The number of nitrogens with zero attached hydrogens (tertiary/aromatic N) is 1. The first-order valence-electron chi connectivity index (χ1n) is 4.19. The number of rotatable bonds is 0. The van der Waals surface area contributed by atoms with Crippen LogP contribution in [-0.2, 0) is 0 Å². The van der Waals surface area contributed by atoms with Crippen molar-refractivity contribution < 1.29 is 0 Å². The van der Waals surface area contributed by atoms with Gasteiger partial charge in [0, 0.05) is 30.6 Å². The molecule has 0 unspecified atom stereocenters. The van der Waals surface area contributed by atoms with Crippen molar-refractivity contribution in [2.45, 2.75) is 25.7 Å². The molecule has 1 fully saturated rings. The predicted molar refractivity (Wildman–Crippen MR) is 45.5 cm³/mol. The summed E-state index contributed by atoms with van der Waals surface area (Å²) in [5, 5.41) is 0. The van der Waals surface area contributed by atoms with Crippen molar-refractivity contribution in [1.82, 2.24) is 4.90 Å². The summed E-state index contributed by atoms with van der Waals surface area (Å²) < 4.78 is 0. The van der Waals surface area contributed by atoms with Gasteiger partial charge in [0.05, 0.1) is 0 Å². The SMILES string of the molecule is CN1C2=CCC(N)=C1CCC2. The van der Waals surface area contributed by atoms with Gasteiger partial charge in [0.1, 0.15) is 0 Å². The molecule has 0 saturated carbocycles. The highest BCUT2D eigenvalue weighted by molar-refractivity contribution is 5.27. The van der Waals surface area contributed by atoms with Crippen LogP contribution in [0, 0.1) is 0 Å². The average molecular weight is 150 g/mol. The smallest absolute Gasteiger partial charge is 0.0366 e. The van der Waals surface area contributed by atoms with E-state index in [9.17, 15) is 0 Å². The number of piperidine rings is 1. The first kappa shape index (κ1) is 6.77. The molecular formula is C9H14N2. The largest absolute Gasteiger partial charge is 0.400 e. The topological polar surface area (TPSA) is 29.3 Å². The second kappa shape index (κ2) is 2.29. The lowest BCUT2D eigenvalue weighted by molar-refractivity contribution is 0.402. The van der Waals surface area contributed by atoms with Crippen molar-refractivity contribution in [3.63, 3.8) is 0 Å². The van der Waals surface area contributed by atoms with Gasteiger partial charge in [-0.3, -0.25) is 0 Å². The lowest BCUT2D eigenvalue weighted by Crippen LogP contribution is -2.27. The van der Waals surface area contributed by atoms with Gasteiger partial charge < -0.3 is 10.6 Å². The van der Waals surface area contributed by atoms with Gasteiger partial charge in [-0.2, -0.15) is 0 Å². The van der Waals surface area contributed by atoms with Gasteiger partial charge in [0.15, 0.2) is 0 Å². The summed E-state index contributed by atoms with van der Waals surface area (Å²) in [5.41, 5.74) is 9.75. The fourth-order valence-electron chi connectivity index (χ4n) is 1.91. The van der Waals surface area contributed by atoms with E-state index < -0.39 is 0 Å². The molecule has 11 heavy (non-hydrogen) atoms. The molecule has 60 valence electrons. The van der Waals surface area contributed by atoms with Crippen molar-refractivity contribution in [1.29, 1.82) is 0 Å². The molecule has 0 radical (unpaired) electrons. The first-order valence-corrected chi connectivity index (χ1v) is 4.19. The highest BCUT2D eigenvalue weighted by Gasteiger charge is 2.21. The Morgan fingerprint density at radius 3 is 3.00 bits per heavy atom. The average Bonchev–Trinajstić information content (AvgIpc) is 1.98. The molecule has 2 aliphatic heterocycles. The molecule has 2 aliphatic rings. The van der Waals surface area contributed by atoms with E-state index in [1.807, 2.05) is 0 Å². The third-order valence-electron chi connectivity index (χ3n) is 2.61. The molecule has 0 aromatic carbocycles. The molecule has 2 nitrogen and oxygen atoms in total. The highest BCUT2D eigenvalue weighted by Crippen LogP contribution is 2.32. The fourth-order valence-corrected chi connectivity index (χ4v) is 1.91. The number of nitrogens with two attached hydrogens (primary N) is 1. The maximum Gasteiger partial charge on any atom is 0.0366 e. The summed E-state index contributed by atoms with van der Waals surface area (Å²) in [5.74, 6) is 0. The lowest BCUT2D eigenvalue weighted by atomic mass is 9.97. The number of hydrogen-bond acceptors (Lipinski definition) is 2. The second-order valence-electron chi connectivity index (χ2n) is 3.28. The van der Waals surface area contributed by atoms with Crippen LogP contribution in [0.4, 0.5) is 0 Å². The molecule has 2 heteroatoms. The Morgan fingerprint density at radius 1 is 1.45 bits per heavy atom. The first-order chi connectivity index (χ1) is 5.29. The van der Waals surface area contributed by atoms with E-state index in [0.717, 1.165) is 12.1 Å². The molecular weight excluding hydrogens is 136 g/mol. The normalized spacial score (nSPS) is 23.7. The van der Waals surface area contributed by atoms with Gasteiger partial charge in [-0.05, 0) is 19.3 Å². The van der Waals surface area contributed by atoms with E-state index in [4.69, 9.17) is 5.73 Å². The minimum Gasteiger partial charge on any atom is -0.400 e. The number of fused-ring (bicyclic) bond motifs is 2. The fraction of sp³-hybridized carbons (Fsp3) is 0.556. The van der Waals surface area contributed by atoms with Crippen molar-refractivity contribution in [2.24, 2.45) is 5.73 Å². The van der Waals surface area contributed by atoms with Crippen LogP contribution in [0.1, 0.15) is 25.7 Å². The van der Waals surface area contributed by atoms with Crippen LogP contribution in [0.5, 0.6) is 0 Å². The molecule has 0 aromatic heterocycles. The zero-order valence-corrected chi connectivity index (χ0v) is 6.93. The molecule has 0 atom stereocenters. The molecule has 2 heterocycles. The van der Waals surface area contributed by atoms with Gasteiger partial charge in [-0.15, -0.1) is 0 Å². The van der Waals surface area contributed by atoms with Gasteiger partial charge >= 0.3 is 0 Å². The zero-order chi connectivity index (χ0) is 7.84. The minimum atomic E-state index is 0.967. The van der Waals surface area contributed by atoms with Crippen LogP contribution in [-0.4, -0.2) is 11.9 Å². The van der Waals surface area contributed by atoms with E-state index in [2.05, 4.69) is 18.0 Å². The summed E-state index contributed by atoms with van der Waals surface area (Å²) in [6, 6.07) is 0. The summed E-state index contributed by atoms with van der Waals surface area (Å²) >= 11 is 0. The Bertz CT molecular complexity index is 238. The van der Waals surface area contributed by atoms with E-state index in [1.54, 1.807) is 0 Å². The molecule has 0 spiro atoms. The zero-order valence-electron chi connectivity index (χ0n) is 6.93. The number of allylic oxidation sites excluding steroid dienone is 3. The number of hydrogen-bond donors (Lipinski definition) is 1. The Morgan fingerprint density at radius 2 is 2.27 bits per heavy atom. The molecule has 0 aliphatic carbocycles. The molecule has 2 N–H and O–H groups in total. The van der Waals surface area contributed by atoms with Crippen LogP contribution < -0.4 is 5.73 Å². The van der Waals surface area contributed by atoms with Crippen molar-refractivity contribution in [2.75, 3.05) is 7.05 Å². The molecule has 1 saturated heterocycles. The Hall–Kier alpha value is -0.920. The van der Waals surface area contributed by atoms with Crippen LogP contribution >= 0.6 is 0 Å². The Balaban J connectivity index is 2.35. The lowest BCUT2D eigenvalue weighted by Gasteiger charge is -2.34. The highest BCUT2D eigenvalue weighted by atomic mass is 15.1. The van der Waals surface area contributed by atoms with Gasteiger partial charge in [0.2, 0.25) is 0 Å². The van der Waals surface area contributed by atoms with Crippen LogP contribution in [0.15, 0.2) is 23.2 Å². The summed E-state index contributed by atoms with van der Waals surface area (Å²) in [6.07, 6.45) is 6.88. The van der Waals surface area contributed by atoms with Crippen molar-refractivity contribution in [3.05, 3.63) is 23.2 Å². The van der Waals surface area contributed by atoms with Gasteiger partial charge in [-0.1, -0.05) is 6.08 Å².